The molecule has 1 heterocycles. The number of methoxy groups -OCH3 is 1. The predicted octanol–water partition coefficient (Wildman–Crippen LogP) is 3.46. The molecule has 12 nitrogen and oxygen atoms in total. The van der Waals surface area contributed by atoms with E-state index in [1.54, 1.807) is 98.3 Å². The van der Waals surface area contributed by atoms with Crippen LogP contribution in [0.15, 0.2) is 78.9 Å². The minimum absolute atomic E-state index is 0.00874. The average molecular weight is 638 g/mol. The molecule has 4 aromatic carbocycles. The van der Waals surface area contributed by atoms with Crippen molar-refractivity contribution >= 4 is 51.6 Å². The molecule has 0 aromatic heterocycles. The number of likely N-dealkylation sites (N-methyl/N-ethyl adjacent to an activating group) is 1. The van der Waals surface area contributed by atoms with Crippen molar-refractivity contribution in [2.24, 2.45) is 0 Å². The lowest BCUT2D eigenvalue weighted by Crippen LogP contribution is -2.55. The van der Waals surface area contributed by atoms with E-state index in [2.05, 4.69) is 10.6 Å². The number of nitrogens with one attached hydrogen (secondary N) is 3. The summed E-state index contributed by atoms with van der Waals surface area (Å²) in [6.45, 7) is 2.94. The summed E-state index contributed by atoms with van der Waals surface area (Å²) in [5.74, 6) is -1.62. The van der Waals surface area contributed by atoms with Crippen molar-refractivity contribution in [2.45, 2.75) is 32.5 Å². The van der Waals surface area contributed by atoms with Gasteiger partial charge in [-0.2, -0.15) is 0 Å². The van der Waals surface area contributed by atoms with E-state index in [9.17, 15) is 24.0 Å². The van der Waals surface area contributed by atoms with Gasteiger partial charge in [0.1, 0.15) is 11.8 Å². The number of hydroxylamine groups is 1. The highest BCUT2D eigenvalue weighted by Crippen LogP contribution is 2.38. The Morgan fingerprint density at radius 1 is 0.936 bits per heavy atom. The molecule has 1 aliphatic rings. The van der Waals surface area contributed by atoms with E-state index in [1.807, 2.05) is 0 Å². The largest absolute Gasteiger partial charge is 0.496 e. The lowest BCUT2D eigenvalue weighted by molar-refractivity contribution is -0.128. The third kappa shape index (κ3) is 6.55. The summed E-state index contributed by atoms with van der Waals surface area (Å²) in [5, 5.41) is 16.2. The van der Waals surface area contributed by atoms with E-state index in [-0.39, 0.29) is 24.4 Å². The van der Waals surface area contributed by atoms with Crippen molar-refractivity contribution < 1.29 is 33.9 Å². The SMILES string of the molecule is CN[C@@H](C)C(=O)NC1CN(C(=O)c2ccc(C(C)=O)cc2)c2ccccc2N(Cc2c(OC)ccc3cc(C(=O)NO)ccc23)C1=O. The van der Waals surface area contributed by atoms with Crippen molar-refractivity contribution in [2.75, 3.05) is 30.5 Å². The average Bonchev–Trinajstić information content (AvgIpc) is 3.21. The number of rotatable bonds is 9. The van der Waals surface area contributed by atoms with E-state index in [0.29, 0.717) is 44.6 Å². The normalized spacial score (nSPS) is 15.0. The van der Waals surface area contributed by atoms with Gasteiger partial charge in [-0.15, -0.1) is 0 Å². The molecule has 0 radical (unpaired) electrons. The fourth-order valence-corrected chi connectivity index (χ4v) is 5.57. The van der Waals surface area contributed by atoms with Crippen LogP contribution < -0.4 is 30.7 Å². The molecule has 2 atom stereocenters. The number of amides is 4. The lowest BCUT2D eigenvalue weighted by Gasteiger charge is -2.27. The number of nitrogens with zero attached hydrogens (tertiary/aromatic N) is 2. The van der Waals surface area contributed by atoms with E-state index in [4.69, 9.17) is 9.94 Å². The van der Waals surface area contributed by atoms with Gasteiger partial charge in [0.15, 0.2) is 5.78 Å². The molecule has 47 heavy (non-hydrogen) atoms. The van der Waals surface area contributed by atoms with Crippen LogP contribution in [0.1, 0.15) is 50.5 Å². The second-order valence-electron chi connectivity index (χ2n) is 11.2. The van der Waals surface area contributed by atoms with Crippen LogP contribution in [0.2, 0.25) is 0 Å². The Balaban J connectivity index is 1.64. The molecule has 4 amide bonds. The van der Waals surface area contributed by atoms with Crippen LogP contribution in [0, 0.1) is 0 Å². The maximum absolute atomic E-state index is 14.5. The van der Waals surface area contributed by atoms with Gasteiger partial charge < -0.3 is 25.2 Å². The topological polar surface area (TPSA) is 157 Å². The molecule has 1 unspecified atom stereocenters. The quantitative estimate of drug-likeness (QED) is 0.124. The van der Waals surface area contributed by atoms with Gasteiger partial charge >= 0.3 is 0 Å². The van der Waals surface area contributed by atoms with Gasteiger partial charge in [-0.25, -0.2) is 5.48 Å². The zero-order valence-corrected chi connectivity index (χ0v) is 26.4. The third-order valence-corrected chi connectivity index (χ3v) is 8.31. The molecule has 1 aliphatic heterocycles. The lowest BCUT2D eigenvalue weighted by atomic mass is 10.00. The summed E-state index contributed by atoms with van der Waals surface area (Å²) >= 11 is 0. The summed E-state index contributed by atoms with van der Waals surface area (Å²) in [7, 11) is 3.14. The van der Waals surface area contributed by atoms with Crippen LogP contribution in [-0.4, -0.2) is 67.4 Å². The molecule has 0 saturated carbocycles. The minimum atomic E-state index is -1.13. The molecular weight excluding hydrogens is 602 g/mol. The second kappa shape index (κ2) is 13.8. The van der Waals surface area contributed by atoms with Crippen molar-refractivity contribution in [3.8, 4) is 5.75 Å². The number of fused-ring (bicyclic) bond motifs is 2. The van der Waals surface area contributed by atoms with Gasteiger partial charge in [0, 0.05) is 22.3 Å². The molecule has 242 valence electrons. The van der Waals surface area contributed by atoms with Gasteiger partial charge in [-0.3, -0.25) is 29.2 Å². The highest BCUT2D eigenvalue weighted by Gasteiger charge is 2.38. The number of benzene rings is 4. The standard InChI is InChI=1S/C35H35N5O7/c1-20(36-3)32(42)37-28-19-40(34(44)23-11-9-22(10-12-23)21(2)41)30-8-6-5-7-29(30)39(35(28)45)18-27-26-15-13-25(33(43)38-46)17-24(26)14-16-31(27)47-4/h5-17,20,28,36,46H,18-19H2,1-4H3,(H,37,42)(H,38,43)/t20-,28?/m0/s1. The van der Waals surface area contributed by atoms with Gasteiger partial charge in [-0.1, -0.05) is 36.4 Å². The molecule has 12 heteroatoms. The Morgan fingerprint density at radius 3 is 2.23 bits per heavy atom. The summed E-state index contributed by atoms with van der Waals surface area (Å²) in [6.07, 6.45) is 0. The fourth-order valence-electron chi connectivity index (χ4n) is 5.57. The van der Waals surface area contributed by atoms with Crippen LogP contribution in [0.3, 0.4) is 0 Å². The smallest absolute Gasteiger partial charge is 0.274 e. The molecule has 0 saturated heterocycles. The third-order valence-electron chi connectivity index (χ3n) is 8.31. The van der Waals surface area contributed by atoms with Crippen molar-refractivity contribution in [1.82, 2.24) is 16.1 Å². The number of ketones is 1. The molecule has 0 bridgehead atoms. The van der Waals surface area contributed by atoms with E-state index >= 15 is 0 Å². The molecule has 4 N–H and O–H groups in total. The van der Waals surface area contributed by atoms with E-state index in [1.165, 1.54) is 23.8 Å². The monoisotopic (exact) mass is 637 g/mol. The molecule has 0 aliphatic carbocycles. The Morgan fingerprint density at radius 2 is 1.60 bits per heavy atom. The molecular formula is C35H35N5O7. The molecule has 5 rings (SSSR count). The number of ether oxygens (including phenoxy) is 1. The summed E-state index contributed by atoms with van der Waals surface area (Å²) in [5.41, 5.74) is 4.13. The minimum Gasteiger partial charge on any atom is -0.496 e. The van der Waals surface area contributed by atoms with Gasteiger partial charge in [0.2, 0.25) is 5.91 Å². The second-order valence-corrected chi connectivity index (χ2v) is 11.2. The maximum Gasteiger partial charge on any atom is 0.274 e. The molecule has 0 fully saturated rings. The highest BCUT2D eigenvalue weighted by molar-refractivity contribution is 6.13. The van der Waals surface area contributed by atoms with Crippen LogP contribution in [-0.2, 0) is 16.1 Å². The van der Waals surface area contributed by atoms with Gasteiger partial charge in [0.05, 0.1) is 37.6 Å². The Kier molecular flexibility index (Phi) is 9.64. The van der Waals surface area contributed by atoms with Crippen LogP contribution >= 0.6 is 0 Å². The number of Topliss-reactive ketones (excluding diaryl/α,β-unsaturated/α-hetero) is 1. The number of hydrogen-bond donors (Lipinski definition) is 4. The summed E-state index contributed by atoms with van der Waals surface area (Å²) in [6, 6.07) is 19.9. The first-order valence-electron chi connectivity index (χ1n) is 14.9. The maximum atomic E-state index is 14.5. The number of para-hydroxylation sites is 2. The Hall–Kier alpha value is -5.59. The summed E-state index contributed by atoms with van der Waals surface area (Å²) < 4.78 is 5.71. The first kappa shape index (κ1) is 32.8. The van der Waals surface area contributed by atoms with E-state index in [0.717, 1.165) is 0 Å². The Labute approximate surface area is 271 Å². The number of hydrogen-bond acceptors (Lipinski definition) is 8. The van der Waals surface area contributed by atoms with Gasteiger partial charge in [-0.05, 0) is 74.1 Å². The van der Waals surface area contributed by atoms with Crippen LogP contribution in [0.4, 0.5) is 11.4 Å². The number of anilines is 2. The molecule has 4 aromatic rings. The van der Waals surface area contributed by atoms with Crippen molar-refractivity contribution in [1.29, 1.82) is 0 Å². The van der Waals surface area contributed by atoms with Crippen molar-refractivity contribution in [3.63, 3.8) is 0 Å². The fraction of sp³-hybridized carbons (Fsp3) is 0.229. The van der Waals surface area contributed by atoms with Crippen LogP contribution in [0.5, 0.6) is 5.75 Å². The number of carbonyl (C=O) groups excluding carboxylic acids is 5. The predicted molar refractivity (Wildman–Crippen MR) is 176 cm³/mol. The zero-order chi connectivity index (χ0) is 33.8. The van der Waals surface area contributed by atoms with E-state index < -0.39 is 35.7 Å². The zero-order valence-electron chi connectivity index (χ0n) is 26.4. The first-order chi connectivity index (χ1) is 22.6. The van der Waals surface area contributed by atoms with Crippen LogP contribution in [0.25, 0.3) is 10.8 Å². The van der Waals surface area contributed by atoms with Gasteiger partial charge in [0.25, 0.3) is 17.7 Å². The highest BCUT2D eigenvalue weighted by atomic mass is 16.5. The summed E-state index contributed by atoms with van der Waals surface area (Å²) in [4.78, 5) is 68.6. The van der Waals surface area contributed by atoms with Crippen molar-refractivity contribution in [3.05, 3.63) is 101 Å². The molecule has 0 spiro atoms. The Bertz CT molecular complexity index is 1870. The number of carbonyl (C=O) groups is 5. The first-order valence-corrected chi connectivity index (χ1v) is 14.9.